The van der Waals surface area contributed by atoms with E-state index in [1.807, 2.05) is 0 Å². The van der Waals surface area contributed by atoms with Crippen LogP contribution in [0.15, 0.2) is 15.0 Å². The Labute approximate surface area is 119 Å². The molecule has 6 nitrogen and oxygen atoms in total. The Bertz CT molecular complexity index is 432. The van der Waals surface area contributed by atoms with Crippen molar-refractivity contribution in [1.29, 1.82) is 0 Å². The number of nitrogens with zero attached hydrogens (tertiary/aromatic N) is 4. The van der Waals surface area contributed by atoms with Gasteiger partial charge in [-0.15, -0.1) is 0 Å². The minimum atomic E-state index is -0.747. The number of likely N-dealkylation sites (N-methyl/N-ethyl adjacent to an activating group) is 1. The van der Waals surface area contributed by atoms with E-state index in [2.05, 4.69) is 15.0 Å². The fourth-order valence-corrected chi connectivity index (χ4v) is 1.85. The third-order valence-corrected chi connectivity index (χ3v) is 2.78. The van der Waals surface area contributed by atoms with E-state index in [-0.39, 0.29) is 41.3 Å². The number of hydrogen-bond donors (Lipinski definition) is 0. The average Bonchev–Trinajstić information content (AvgIpc) is 2.23. The number of rotatable bonds is 0. The summed E-state index contributed by atoms with van der Waals surface area (Å²) in [5, 5.41) is 0.528. The van der Waals surface area contributed by atoms with Gasteiger partial charge in [-0.2, -0.15) is 4.99 Å². The molecular weight excluding hydrogens is 239 g/mol. The largest absolute Gasteiger partial charge is 0.292 e. The monoisotopic (exact) mass is 247 g/mol. The van der Waals surface area contributed by atoms with Crippen molar-refractivity contribution in [3.63, 3.8) is 0 Å². The van der Waals surface area contributed by atoms with Gasteiger partial charge >= 0.3 is 0 Å². The summed E-state index contributed by atoms with van der Waals surface area (Å²) in [7, 11) is 1.63. The van der Waals surface area contributed by atoms with Crippen LogP contribution in [-0.4, -0.2) is 82.8 Å². The van der Waals surface area contributed by atoms with Crippen LogP contribution in [0.5, 0.6) is 0 Å². The Hall–Kier alpha value is -0.500. The summed E-state index contributed by atoms with van der Waals surface area (Å²) in [4.78, 5) is 35.7. The molecule has 0 aromatic heterocycles. The molecule has 0 aromatic carbocycles. The van der Waals surface area contributed by atoms with E-state index in [1.54, 1.807) is 13.3 Å². The maximum Gasteiger partial charge on any atom is 0.289 e. The van der Waals surface area contributed by atoms with Crippen molar-refractivity contribution in [3.05, 3.63) is 0 Å². The van der Waals surface area contributed by atoms with Crippen molar-refractivity contribution in [2.75, 3.05) is 13.3 Å². The molecule has 2 heterocycles. The van der Waals surface area contributed by atoms with Crippen LogP contribution in [0.3, 0.4) is 0 Å². The van der Waals surface area contributed by atoms with Crippen LogP contribution in [0.2, 0.25) is 0 Å². The van der Waals surface area contributed by atoms with E-state index >= 15 is 0 Å². The Kier molecular flexibility index (Phi) is 4.43. The van der Waals surface area contributed by atoms with Gasteiger partial charge in [-0.3, -0.25) is 19.5 Å². The zero-order valence-corrected chi connectivity index (χ0v) is 12.0. The molecule has 2 aliphatic heterocycles. The summed E-state index contributed by atoms with van der Waals surface area (Å²) < 4.78 is 0. The molecule has 8 heteroatoms. The van der Waals surface area contributed by atoms with Gasteiger partial charge in [0.1, 0.15) is 0 Å². The molecule has 0 aromatic rings. The van der Waals surface area contributed by atoms with E-state index in [0.29, 0.717) is 5.17 Å². The molecule has 79 valence electrons. The fraction of sp³-hybridized carbons (Fsp3) is 0.375. The van der Waals surface area contributed by atoms with Crippen molar-refractivity contribution in [2.45, 2.75) is 6.04 Å². The first-order chi connectivity index (χ1) is 7.13. The van der Waals surface area contributed by atoms with E-state index in [9.17, 15) is 9.59 Å². The quantitative estimate of drug-likeness (QED) is 0.525. The van der Waals surface area contributed by atoms with Gasteiger partial charge < -0.3 is 0 Å². The number of thioether (sulfide) groups is 1. The summed E-state index contributed by atoms with van der Waals surface area (Å²) in [6.45, 7) is 0. The van der Waals surface area contributed by atoms with Crippen LogP contribution in [0.1, 0.15) is 0 Å². The van der Waals surface area contributed by atoms with Crippen LogP contribution in [0, 0.1) is 0 Å². The second-order valence-corrected chi connectivity index (χ2v) is 3.76. The predicted octanol–water partition coefficient (Wildman–Crippen LogP) is -0.825. The first-order valence-corrected chi connectivity index (χ1v) is 5.42. The predicted molar refractivity (Wildman–Crippen MR) is 64.2 cm³/mol. The Morgan fingerprint density at radius 1 is 1.38 bits per heavy atom. The number of carbonyl (C=O) groups is 2. The fourth-order valence-electron chi connectivity index (χ4n) is 1.30. The molecule has 1 unspecified atom stereocenters. The van der Waals surface area contributed by atoms with Gasteiger partial charge in [0.05, 0.1) is 6.21 Å². The molecule has 0 saturated carbocycles. The van der Waals surface area contributed by atoms with E-state index in [0.717, 1.165) is 6.21 Å². The second kappa shape index (κ2) is 5.22. The van der Waals surface area contributed by atoms with E-state index in [4.69, 9.17) is 0 Å². The Morgan fingerprint density at radius 2 is 2.06 bits per heavy atom. The SMILES string of the molecule is CSC1=NC2=NC(=O)C=NC2C(=O)N1C.[Na]. The molecule has 2 amide bonds. The summed E-state index contributed by atoms with van der Waals surface area (Å²) in [5.74, 6) is -0.491. The normalized spacial score (nSPS) is 23.4. The topological polar surface area (TPSA) is 74.5 Å². The summed E-state index contributed by atoms with van der Waals surface area (Å²) in [6, 6.07) is -0.747. The molecule has 0 bridgehead atoms. The molecule has 1 atom stereocenters. The molecule has 2 rings (SSSR count). The van der Waals surface area contributed by atoms with Crippen LogP contribution in [0.25, 0.3) is 0 Å². The summed E-state index contributed by atoms with van der Waals surface area (Å²) >= 11 is 1.33. The maximum absolute atomic E-state index is 11.8. The smallest absolute Gasteiger partial charge is 0.289 e. The molecule has 0 spiro atoms. The number of amides is 2. The molecular formula is C8H8N4NaO2S. The van der Waals surface area contributed by atoms with E-state index < -0.39 is 11.9 Å². The van der Waals surface area contributed by atoms with Gasteiger partial charge in [0.25, 0.3) is 11.8 Å². The van der Waals surface area contributed by atoms with Gasteiger partial charge in [-0.1, -0.05) is 11.8 Å². The van der Waals surface area contributed by atoms with Gasteiger partial charge in [0, 0.05) is 36.6 Å². The molecule has 16 heavy (non-hydrogen) atoms. The first kappa shape index (κ1) is 13.6. The Morgan fingerprint density at radius 3 is 2.69 bits per heavy atom. The molecule has 0 N–H and O–H groups in total. The van der Waals surface area contributed by atoms with E-state index in [1.165, 1.54) is 16.7 Å². The number of amidine groups is 2. The molecule has 2 aliphatic rings. The number of aliphatic imine (C=N–C) groups is 3. The second-order valence-electron chi connectivity index (χ2n) is 2.98. The van der Waals surface area contributed by atoms with Crippen molar-refractivity contribution in [3.8, 4) is 0 Å². The molecule has 0 aliphatic carbocycles. The zero-order chi connectivity index (χ0) is 11.0. The third kappa shape index (κ3) is 2.27. The average molecular weight is 247 g/mol. The first-order valence-electron chi connectivity index (χ1n) is 4.19. The van der Waals surface area contributed by atoms with Crippen molar-refractivity contribution >= 4 is 70.4 Å². The molecule has 0 saturated heterocycles. The molecule has 0 fully saturated rings. The standard InChI is InChI=1S/C8H8N4O2S.Na/c1-12-7(14)5-6(11-8(12)15-2)10-4(13)3-9-5;/h3,5H,1-2H3;. The minimum Gasteiger partial charge on any atom is -0.292 e. The zero-order valence-electron chi connectivity index (χ0n) is 9.17. The van der Waals surface area contributed by atoms with Crippen molar-refractivity contribution < 1.29 is 9.59 Å². The van der Waals surface area contributed by atoms with Crippen LogP contribution in [0.4, 0.5) is 0 Å². The van der Waals surface area contributed by atoms with Gasteiger partial charge in [-0.25, -0.2) is 4.99 Å². The van der Waals surface area contributed by atoms with Crippen LogP contribution < -0.4 is 0 Å². The van der Waals surface area contributed by atoms with Gasteiger partial charge in [-0.05, 0) is 6.26 Å². The number of fused-ring (bicyclic) bond motifs is 1. The number of hydrogen-bond acceptors (Lipinski definition) is 5. The van der Waals surface area contributed by atoms with Crippen LogP contribution >= 0.6 is 11.8 Å². The third-order valence-electron chi connectivity index (χ3n) is 2.05. The van der Waals surface area contributed by atoms with Gasteiger partial charge in [0.15, 0.2) is 17.0 Å². The van der Waals surface area contributed by atoms with Crippen LogP contribution in [-0.2, 0) is 9.59 Å². The van der Waals surface area contributed by atoms with Crippen molar-refractivity contribution in [1.82, 2.24) is 4.90 Å². The Balaban J connectivity index is 0.00000128. The minimum absolute atomic E-state index is 0. The summed E-state index contributed by atoms with van der Waals surface area (Å²) in [5.41, 5.74) is 0. The van der Waals surface area contributed by atoms with Gasteiger partial charge in [0.2, 0.25) is 0 Å². The van der Waals surface area contributed by atoms with Crippen molar-refractivity contribution in [2.24, 2.45) is 15.0 Å². The maximum atomic E-state index is 11.8. The number of carbonyl (C=O) groups excluding carboxylic acids is 2. The molecule has 1 radical (unpaired) electrons. The summed E-state index contributed by atoms with van der Waals surface area (Å²) in [6.07, 6.45) is 2.86.